The van der Waals surface area contributed by atoms with Gasteiger partial charge in [0, 0.05) is 23.3 Å². The van der Waals surface area contributed by atoms with E-state index in [4.69, 9.17) is 0 Å². The van der Waals surface area contributed by atoms with Crippen molar-refractivity contribution in [1.82, 2.24) is 9.38 Å². The van der Waals surface area contributed by atoms with Crippen molar-refractivity contribution in [2.24, 2.45) is 0 Å². The van der Waals surface area contributed by atoms with E-state index in [1.807, 2.05) is 6.07 Å². The number of hydrogen-bond acceptors (Lipinski definition) is 2. The predicted molar refractivity (Wildman–Crippen MR) is 90.7 cm³/mol. The van der Waals surface area contributed by atoms with Crippen LogP contribution in [0.5, 0.6) is 0 Å². The molecule has 0 spiro atoms. The largest absolute Gasteiger partial charge is 0.416 e. The fraction of sp³-hybridized carbons (Fsp3) is 0.0526. The Morgan fingerprint density at radius 3 is 2.65 bits per heavy atom. The molecule has 0 fully saturated rings. The van der Waals surface area contributed by atoms with Crippen molar-refractivity contribution in [3.05, 3.63) is 76.3 Å². The number of nitrogens with one attached hydrogen (secondary N) is 1. The number of aromatic nitrogens is 2. The van der Waals surface area contributed by atoms with E-state index in [2.05, 4.69) is 4.98 Å². The zero-order valence-electron chi connectivity index (χ0n) is 13.1. The van der Waals surface area contributed by atoms with Crippen molar-refractivity contribution in [1.29, 1.82) is 5.26 Å². The number of H-pyrrole nitrogens is 1. The summed E-state index contributed by atoms with van der Waals surface area (Å²) in [6.07, 6.45) is -1.38. The maximum absolute atomic E-state index is 13.1. The van der Waals surface area contributed by atoms with Gasteiger partial charge in [0.1, 0.15) is 5.52 Å². The van der Waals surface area contributed by atoms with Crippen molar-refractivity contribution >= 4 is 16.4 Å². The van der Waals surface area contributed by atoms with Crippen LogP contribution in [0.4, 0.5) is 13.2 Å². The summed E-state index contributed by atoms with van der Waals surface area (Å²) in [4.78, 5) is 14.6. The number of rotatable bonds is 1. The molecule has 0 bridgehead atoms. The SMILES string of the molecule is N#Cc1cc(-c2cccc(C(F)(F)F)c2)c2c(c1)cc1c(=O)[nH]ccn12. The minimum Gasteiger partial charge on any atom is -0.326 e. The summed E-state index contributed by atoms with van der Waals surface area (Å²) >= 11 is 0. The van der Waals surface area contributed by atoms with Gasteiger partial charge >= 0.3 is 6.18 Å². The zero-order chi connectivity index (χ0) is 18.5. The number of aromatic amines is 1. The van der Waals surface area contributed by atoms with Crippen molar-refractivity contribution in [2.45, 2.75) is 6.18 Å². The second-order valence-corrected chi connectivity index (χ2v) is 5.84. The van der Waals surface area contributed by atoms with Crippen molar-refractivity contribution in [3.8, 4) is 17.2 Å². The molecule has 4 nitrogen and oxygen atoms in total. The van der Waals surface area contributed by atoms with Crippen molar-refractivity contribution < 1.29 is 13.2 Å². The number of alkyl halides is 3. The van der Waals surface area contributed by atoms with E-state index in [0.717, 1.165) is 12.1 Å². The molecule has 0 aliphatic heterocycles. The first-order valence-electron chi connectivity index (χ1n) is 7.63. The summed E-state index contributed by atoms with van der Waals surface area (Å²) in [7, 11) is 0. The van der Waals surface area contributed by atoms with Gasteiger partial charge in [-0.3, -0.25) is 4.79 Å². The molecule has 0 saturated carbocycles. The van der Waals surface area contributed by atoms with Crippen LogP contribution in [0.15, 0.2) is 59.7 Å². The molecule has 0 aliphatic rings. The lowest BCUT2D eigenvalue weighted by Crippen LogP contribution is -2.07. The molecule has 0 saturated heterocycles. The molecular weight excluding hydrogens is 343 g/mol. The molecule has 0 atom stereocenters. The second kappa shape index (κ2) is 5.49. The number of hydrogen-bond donors (Lipinski definition) is 1. The first-order valence-corrected chi connectivity index (χ1v) is 7.63. The third-order valence-corrected chi connectivity index (χ3v) is 4.23. The van der Waals surface area contributed by atoms with E-state index in [0.29, 0.717) is 33.1 Å². The van der Waals surface area contributed by atoms with Gasteiger partial charge < -0.3 is 9.38 Å². The van der Waals surface area contributed by atoms with E-state index in [-0.39, 0.29) is 5.56 Å². The van der Waals surface area contributed by atoms with Crippen LogP contribution in [0.3, 0.4) is 0 Å². The molecule has 0 unspecified atom stereocenters. The summed E-state index contributed by atoms with van der Waals surface area (Å²) in [5.41, 5.74) is 0.909. The molecule has 4 aromatic rings. The number of halogens is 3. The topological polar surface area (TPSA) is 61.1 Å². The first-order chi connectivity index (χ1) is 12.4. The van der Waals surface area contributed by atoms with Gasteiger partial charge in [0.05, 0.1) is 22.7 Å². The molecular formula is C19H10F3N3O. The van der Waals surface area contributed by atoms with Crippen LogP contribution in [0.1, 0.15) is 11.1 Å². The lowest BCUT2D eigenvalue weighted by molar-refractivity contribution is -0.137. The Kier molecular flexibility index (Phi) is 3.37. The zero-order valence-corrected chi connectivity index (χ0v) is 13.1. The molecule has 0 amide bonds. The summed E-state index contributed by atoms with van der Waals surface area (Å²) < 4.78 is 40.9. The highest BCUT2D eigenvalue weighted by Crippen LogP contribution is 2.36. The van der Waals surface area contributed by atoms with Crippen LogP contribution in [-0.2, 0) is 6.18 Å². The van der Waals surface area contributed by atoms with Gasteiger partial charge in [0.15, 0.2) is 0 Å². The van der Waals surface area contributed by atoms with Gasteiger partial charge in [0.25, 0.3) is 5.56 Å². The molecule has 0 aliphatic carbocycles. The lowest BCUT2D eigenvalue weighted by Gasteiger charge is -2.11. The first kappa shape index (κ1) is 16.0. The highest BCUT2D eigenvalue weighted by Gasteiger charge is 2.30. The molecule has 2 aromatic heterocycles. The van der Waals surface area contributed by atoms with Crippen molar-refractivity contribution in [2.75, 3.05) is 0 Å². The van der Waals surface area contributed by atoms with Crippen LogP contribution >= 0.6 is 0 Å². The van der Waals surface area contributed by atoms with Gasteiger partial charge in [-0.25, -0.2) is 0 Å². The average Bonchev–Trinajstić information content (AvgIpc) is 3.00. The minimum atomic E-state index is -4.47. The Labute approximate surface area is 144 Å². The van der Waals surface area contributed by atoms with Crippen LogP contribution in [0.2, 0.25) is 0 Å². The smallest absolute Gasteiger partial charge is 0.326 e. The Morgan fingerprint density at radius 1 is 1.12 bits per heavy atom. The molecule has 128 valence electrons. The molecule has 2 aromatic carbocycles. The number of fused-ring (bicyclic) bond motifs is 3. The van der Waals surface area contributed by atoms with Crippen LogP contribution in [0, 0.1) is 11.3 Å². The number of nitrogens with zero attached hydrogens (tertiary/aromatic N) is 2. The van der Waals surface area contributed by atoms with Crippen LogP contribution < -0.4 is 5.56 Å². The van der Waals surface area contributed by atoms with E-state index < -0.39 is 11.7 Å². The molecule has 26 heavy (non-hydrogen) atoms. The fourth-order valence-electron chi connectivity index (χ4n) is 3.11. The van der Waals surface area contributed by atoms with E-state index in [9.17, 15) is 23.2 Å². The van der Waals surface area contributed by atoms with Crippen molar-refractivity contribution in [3.63, 3.8) is 0 Å². The number of nitriles is 1. The maximum atomic E-state index is 13.1. The summed E-state index contributed by atoms with van der Waals surface area (Å²) in [6.45, 7) is 0. The monoisotopic (exact) mass is 353 g/mol. The number of benzene rings is 2. The molecule has 0 radical (unpaired) electrons. The fourth-order valence-corrected chi connectivity index (χ4v) is 3.11. The molecule has 7 heteroatoms. The van der Waals surface area contributed by atoms with Gasteiger partial charge in [-0.05, 0) is 35.9 Å². The third-order valence-electron chi connectivity index (χ3n) is 4.23. The highest BCUT2D eigenvalue weighted by atomic mass is 19.4. The van der Waals surface area contributed by atoms with E-state index >= 15 is 0 Å². The molecule has 2 heterocycles. The van der Waals surface area contributed by atoms with Gasteiger partial charge in [0.2, 0.25) is 0 Å². The molecule has 4 rings (SSSR count). The standard InChI is InChI=1S/C19H10F3N3O/c20-19(21,22)14-3-1-2-12(8-14)15-7-11(10-23)6-13-9-16-18(26)24-4-5-25(16)17(13)15/h1-9H,(H,24,26). The average molecular weight is 353 g/mol. The van der Waals surface area contributed by atoms with Gasteiger partial charge in [-0.2, -0.15) is 18.4 Å². The van der Waals surface area contributed by atoms with E-state index in [1.54, 1.807) is 28.8 Å². The van der Waals surface area contributed by atoms with Gasteiger partial charge in [-0.1, -0.05) is 12.1 Å². The Balaban J connectivity index is 2.12. The normalized spacial score (nSPS) is 11.8. The molecule has 1 N–H and O–H groups in total. The maximum Gasteiger partial charge on any atom is 0.416 e. The lowest BCUT2D eigenvalue weighted by atomic mass is 9.98. The Morgan fingerprint density at radius 2 is 1.92 bits per heavy atom. The third kappa shape index (κ3) is 2.43. The highest BCUT2D eigenvalue weighted by molar-refractivity contribution is 5.99. The summed E-state index contributed by atoms with van der Waals surface area (Å²) in [6, 6.07) is 11.7. The summed E-state index contributed by atoms with van der Waals surface area (Å²) in [5, 5.41) is 9.88. The minimum absolute atomic E-state index is 0.303. The quantitative estimate of drug-likeness (QED) is 0.553. The predicted octanol–water partition coefficient (Wildman–Crippen LogP) is 4.34. The Bertz CT molecular complexity index is 1260. The van der Waals surface area contributed by atoms with Crippen LogP contribution in [-0.4, -0.2) is 9.38 Å². The van der Waals surface area contributed by atoms with E-state index in [1.165, 1.54) is 18.3 Å². The van der Waals surface area contributed by atoms with Crippen LogP contribution in [0.25, 0.3) is 27.5 Å². The van der Waals surface area contributed by atoms with Gasteiger partial charge in [-0.15, -0.1) is 0 Å². The Hall–Kier alpha value is -3.53. The summed E-state index contributed by atoms with van der Waals surface area (Å²) in [5.74, 6) is 0. The second-order valence-electron chi connectivity index (χ2n) is 5.84.